The van der Waals surface area contributed by atoms with Gasteiger partial charge in [-0.2, -0.15) is 0 Å². The Labute approximate surface area is 157 Å². The van der Waals surface area contributed by atoms with Crippen molar-refractivity contribution in [3.8, 4) is 22.6 Å². The second kappa shape index (κ2) is 6.69. The highest BCUT2D eigenvalue weighted by molar-refractivity contribution is 6.05. The highest BCUT2D eigenvalue weighted by atomic mass is 16.5. The summed E-state index contributed by atoms with van der Waals surface area (Å²) in [5.74, 6) is -2.29. The zero-order valence-corrected chi connectivity index (χ0v) is 14.5. The predicted octanol–water partition coefficient (Wildman–Crippen LogP) is 0.976. The Hall–Kier alpha value is -3.88. The van der Waals surface area contributed by atoms with Crippen molar-refractivity contribution in [2.45, 2.75) is 6.54 Å². The van der Waals surface area contributed by atoms with Crippen LogP contribution >= 0.6 is 0 Å². The summed E-state index contributed by atoms with van der Waals surface area (Å²) in [6.45, 7) is -0.261. The first-order valence-electron chi connectivity index (χ1n) is 8.44. The van der Waals surface area contributed by atoms with Crippen molar-refractivity contribution in [2.24, 2.45) is 0 Å². The molecule has 0 atom stereocenters. The number of aromatic nitrogens is 2. The number of pyridine rings is 2. The molecule has 1 aliphatic rings. The lowest BCUT2D eigenvalue weighted by Gasteiger charge is -2.24. The van der Waals surface area contributed by atoms with E-state index in [1.807, 2.05) is 6.07 Å². The average molecular weight is 381 g/mol. The number of amides is 1. The number of hydrogen-bond donors (Lipinski definition) is 3. The summed E-state index contributed by atoms with van der Waals surface area (Å²) in [6.07, 6.45) is 3.30. The van der Waals surface area contributed by atoms with E-state index in [1.165, 1.54) is 4.57 Å². The van der Waals surface area contributed by atoms with E-state index in [0.29, 0.717) is 16.8 Å². The SMILES string of the molecule is O=C(O)CNC(=O)c1c(O)c2ccc(-c3cccnc3)c3c2n(c1=O)CCO3. The maximum atomic E-state index is 12.9. The van der Waals surface area contributed by atoms with Crippen LogP contribution in [-0.2, 0) is 11.3 Å². The second-order valence-corrected chi connectivity index (χ2v) is 6.19. The molecule has 3 aromatic rings. The van der Waals surface area contributed by atoms with Crippen LogP contribution in [0.3, 0.4) is 0 Å². The molecule has 0 bridgehead atoms. The molecule has 0 aliphatic carbocycles. The van der Waals surface area contributed by atoms with E-state index in [1.54, 1.807) is 30.6 Å². The maximum Gasteiger partial charge on any atom is 0.322 e. The molecule has 3 N–H and O–H groups in total. The standard InChI is InChI=1S/C19H15N3O6/c23-13(24)9-21-18(26)14-16(25)12-4-3-11(10-2-1-5-20-8-10)17-15(12)22(19(14)27)6-7-28-17/h1-5,8,25H,6-7,9H2,(H,21,26)(H,23,24). The Morgan fingerprint density at radius 1 is 1.29 bits per heavy atom. The van der Waals surface area contributed by atoms with Gasteiger partial charge in [-0.1, -0.05) is 6.07 Å². The number of carbonyl (C=O) groups excluding carboxylic acids is 1. The van der Waals surface area contributed by atoms with Gasteiger partial charge in [0.05, 0.1) is 12.1 Å². The van der Waals surface area contributed by atoms with Crippen LogP contribution in [0.1, 0.15) is 10.4 Å². The number of hydrogen-bond acceptors (Lipinski definition) is 6. The number of aliphatic carboxylic acids is 1. The molecule has 4 rings (SSSR count). The monoisotopic (exact) mass is 381 g/mol. The van der Waals surface area contributed by atoms with Crippen molar-refractivity contribution in [3.63, 3.8) is 0 Å². The van der Waals surface area contributed by atoms with Crippen LogP contribution in [0.2, 0.25) is 0 Å². The van der Waals surface area contributed by atoms with Crippen molar-refractivity contribution in [3.05, 3.63) is 52.6 Å². The highest BCUT2D eigenvalue weighted by Crippen LogP contribution is 2.41. The largest absolute Gasteiger partial charge is 0.506 e. The molecule has 0 unspecified atom stereocenters. The van der Waals surface area contributed by atoms with Gasteiger partial charge < -0.3 is 24.8 Å². The number of carboxylic acid groups (broad SMARTS) is 1. The molecule has 0 saturated heterocycles. The molecule has 0 spiro atoms. The summed E-state index contributed by atoms with van der Waals surface area (Å²) >= 11 is 0. The first-order chi connectivity index (χ1) is 13.5. The molecule has 1 aliphatic heterocycles. The average Bonchev–Trinajstić information content (AvgIpc) is 2.70. The third kappa shape index (κ3) is 2.73. The van der Waals surface area contributed by atoms with Crippen LogP contribution < -0.4 is 15.6 Å². The number of carbonyl (C=O) groups is 2. The van der Waals surface area contributed by atoms with Crippen LogP contribution in [0.15, 0.2) is 41.5 Å². The van der Waals surface area contributed by atoms with Gasteiger partial charge in [-0.15, -0.1) is 0 Å². The summed E-state index contributed by atoms with van der Waals surface area (Å²) in [4.78, 5) is 40.0. The molecule has 142 valence electrons. The van der Waals surface area contributed by atoms with E-state index in [0.717, 1.165) is 5.56 Å². The predicted molar refractivity (Wildman–Crippen MR) is 98.6 cm³/mol. The molecule has 28 heavy (non-hydrogen) atoms. The molecule has 2 aromatic heterocycles. The minimum Gasteiger partial charge on any atom is -0.506 e. The molecule has 0 radical (unpaired) electrons. The van der Waals surface area contributed by atoms with Crippen LogP contribution in [0.25, 0.3) is 22.0 Å². The second-order valence-electron chi connectivity index (χ2n) is 6.19. The van der Waals surface area contributed by atoms with Crippen LogP contribution in [0.4, 0.5) is 0 Å². The highest BCUT2D eigenvalue weighted by Gasteiger charge is 2.27. The van der Waals surface area contributed by atoms with Crippen molar-refractivity contribution < 1.29 is 24.5 Å². The van der Waals surface area contributed by atoms with E-state index in [9.17, 15) is 19.5 Å². The summed E-state index contributed by atoms with van der Waals surface area (Å²) in [6, 6.07) is 6.93. The molecule has 1 aromatic carbocycles. The fourth-order valence-electron chi connectivity index (χ4n) is 3.30. The molecular weight excluding hydrogens is 366 g/mol. The molecule has 0 saturated carbocycles. The van der Waals surface area contributed by atoms with Gasteiger partial charge in [0.2, 0.25) is 0 Å². The maximum absolute atomic E-state index is 12.9. The van der Waals surface area contributed by atoms with Crippen LogP contribution in [0.5, 0.6) is 11.5 Å². The lowest BCUT2D eigenvalue weighted by atomic mass is 10.0. The summed E-state index contributed by atoms with van der Waals surface area (Å²) in [7, 11) is 0. The first kappa shape index (κ1) is 17.5. The van der Waals surface area contributed by atoms with Gasteiger partial charge in [0.1, 0.15) is 24.5 Å². The summed E-state index contributed by atoms with van der Waals surface area (Å²) in [5.41, 5.74) is 0.667. The van der Waals surface area contributed by atoms with Crippen molar-refractivity contribution >= 4 is 22.8 Å². The Morgan fingerprint density at radius 2 is 2.11 bits per heavy atom. The van der Waals surface area contributed by atoms with E-state index >= 15 is 0 Å². The number of benzene rings is 1. The van der Waals surface area contributed by atoms with Crippen molar-refractivity contribution in [2.75, 3.05) is 13.2 Å². The van der Waals surface area contributed by atoms with Gasteiger partial charge in [-0.25, -0.2) is 0 Å². The summed E-state index contributed by atoms with van der Waals surface area (Å²) < 4.78 is 7.16. The fraction of sp³-hybridized carbons (Fsp3) is 0.158. The van der Waals surface area contributed by atoms with Crippen molar-refractivity contribution in [1.29, 1.82) is 0 Å². The minimum atomic E-state index is -1.26. The minimum absolute atomic E-state index is 0.193. The molecule has 9 heteroatoms. The Morgan fingerprint density at radius 3 is 2.82 bits per heavy atom. The van der Waals surface area contributed by atoms with Gasteiger partial charge in [-0.3, -0.25) is 19.4 Å². The van der Waals surface area contributed by atoms with E-state index < -0.39 is 35.3 Å². The molecule has 3 heterocycles. The lowest BCUT2D eigenvalue weighted by molar-refractivity contribution is -0.135. The number of nitrogens with one attached hydrogen (secondary N) is 1. The van der Waals surface area contributed by atoms with Gasteiger partial charge >= 0.3 is 5.97 Å². The van der Waals surface area contributed by atoms with Gasteiger partial charge in [0.25, 0.3) is 11.5 Å². The molecule has 0 fully saturated rings. The van der Waals surface area contributed by atoms with E-state index in [4.69, 9.17) is 9.84 Å². The first-order valence-corrected chi connectivity index (χ1v) is 8.44. The van der Waals surface area contributed by atoms with Crippen LogP contribution in [-0.4, -0.2) is 44.8 Å². The van der Waals surface area contributed by atoms with Gasteiger partial charge in [0.15, 0.2) is 5.75 Å². The zero-order chi connectivity index (χ0) is 19.8. The number of ether oxygens (including phenoxy) is 1. The molecule has 9 nitrogen and oxygen atoms in total. The van der Waals surface area contributed by atoms with E-state index in [-0.39, 0.29) is 18.5 Å². The van der Waals surface area contributed by atoms with Crippen molar-refractivity contribution in [1.82, 2.24) is 14.9 Å². The third-order valence-corrected chi connectivity index (χ3v) is 4.51. The molecule has 1 amide bonds. The third-order valence-electron chi connectivity index (χ3n) is 4.51. The smallest absolute Gasteiger partial charge is 0.322 e. The topological polar surface area (TPSA) is 131 Å². The van der Waals surface area contributed by atoms with Gasteiger partial charge in [0, 0.05) is 28.9 Å². The normalized spacial score (nSPS) is 12.4. The summed E-state index contributed by atoms with van der Waals surface area (Å²) in [5, 5.41) is 21.7. The number of rotatable bonds is 4. The Balaban J connectivity index is 1.96. The van der Waals surface area contributed by atoms with Crippen LogP contribution in [0, 0.1) is 0 Å². The van der Waals surface area contributed by atoms with E-state index in [2.05, 4.69) is 10.3 Å². The zero-order valence-electron chi connectivity index (χ0n) is 14.5. The quantitative estimate of drug-likeness (QED) is 0.614. The fourth-order valence-corrected chi connectivity index (χ4v) is 3.30. The number of aromatic hydroxyl groups is 1. The Kier molecular flexibility index (Phi) is 4.19. The molecular formula is C19H15N3O6. The Bertz CT molecular complexity index is 1170. The number of nitrogens with zero attached hydrogens (tertiary/aromatic N) is 2. The number of carboxylic acids is 1. The van der Waals surface area contributed by atoms with Gasteiger partial charge in [-0.05, 0) is 18.2 Å². The lowest BCUT2D eigenvalue weighted by Crippen LogP contribution is -2.37.